The third-order valence-corrected chi connectivity index (χ3v) is 8.78. The van der Waals surface area contributed by atoms with Crippen LogP contribution < -0.4 is 21.3 Å². The van der Waals surface area contributed by atoms with Gasteiger partial charge in [0.15, 0.2) is 5.78 Å². The number of urea groups is 1. The van der Waals surface area contributed by atoms with Crippen LogP contribution in [0.25, 0.3) is 0 Å². The predicted octanol–water partition coefficient (Wildman–Crippen LogP) is 4.76. The molecule has 0 aliphatic carbocycles. The second kappa shape index (κ2) is 25.8. The van der Waals surface area contributed by atoms with E-state index in [-0.39, 0.29) is 68.5 Å². The third kappa shape index (κ3) is 19.9. The Kier molecular flexibility index (Phi) is 21.5. The van der Waals surface area contributed by atoms with Crippen molar-refractivity contribution in [3.63, 3.8) is 0 Å². The van der Waals surface area contributed by atoms with Gasteiger partial charge in [-0.3, -0.25) is 24.0 Å². The number of carbonyl (C=O) groups excluding carboxylic acids is 5. The van der Waals surface area contributed by atoms with Crippen molar-refractivity contribution < 1.29 is 43.8 Å². The number of benzene rings is 2. The Morgan fingerprint density at radius 3 is 1.79 bits per heavy atom. The molecule has 0 saturated heterocycles. The minimum absolute atomic E-state index is 0.00672. The maximum atomic E-state index is 13.6. The van der Waals surface area contributed by atoms with Crippen molar-refractivity contribution in [2.45, 2.75) is 115 Å². The van der Waals surface area contributed by atoms with Crippen molar-refractivity contribution in [3.8, 4) is 0 Å². The van der Waals surface area contributed by atoms with Crippen molar-refractivity contribution in [1.82, 2.24) is 21.3 Å². The van der Waals surface area contributed by atoms with Crippen molar-refractivity contribution in [2.75, 3.05) is 13.1 Å². The molecule has 6 N–H and O–H groups in total. The molecule has 0 saturated carbocycles. The number of ketones is 2. The zero-order valence-electron chi connectivity index (χ0n) is 30.8. The average molecular weight is 737 g/mol. The highest BCUT2D eigenvalue weighted by molar-refractivity contribution is 5.93. The quantitative estimate of drug-likeness (QED) is 0.0665. The van der Waals surface area contributed by atoms with Crippen molar-refractivity contribution in [2.24, 2.45) is 5.92 Å². The number of amides is 4. The van der Waals surface area contributed by atoms with Crippen molar-refractivity contribution >= 4 is 41.4 Å². The molecule has 0 spiro atoms. The highest BCUT2D eigenvalue weighted by atomic mass is 16.4. The van der Waals surface area contributed by atoms with Gasteiger partial charge in [-0.2, -0.15) is 0 Å². The lowest BCUT2D eigenvalue weighted by Crippen LogP contribution is -2.46. The first-order chi connectivity index (χ1) is 25.5. The molecular weight excluding hydrogens is 680 g/mol. The van der Waals surface area contributed by atoms with Crippen LogP contribution in [-0.2, 0) is 41.6 Å². The Morgan fingerprint density at radius 2 is 1.21 bits per heavy atom. The summed E-state index contributed by atoms with van der Waals surface area (Å²) in [7, 11) is 0. The summed E-state index contributed by atoms with van der Waals surface area (Å²) in [6.07, 6.45) is 6.03. The molecule has 13 heteroatoms. The Balaban J connectivity index is 1.73. The van der Waals surface area contributed by atoms with Gasteiger partial charge in [-0.05, 0) is 56.6 Å². The summed E-state index contributed by atoms with van der Waals surface area (Å²) in [6.45, 7) is 2.38. The molecule has 13 nitrogen and oxygen atoms in total. The van der Waals surface area contributed by atoms with Gasteiger partial charge in [0.05, 0.1) is 6.04 Å². The van der Waals surface area contributed by atoms with E-state index < -0.39 is 36.0 Å². The lowest BCUT2D eigenvalue weighted by Gasteiger charge is -2.22. The maximum absolute atomic E-state index is 13.6. The van der Waals surface area contributed by atoms with Crippen LogP contribution in [0.2, 0.25) is 0 Å². The van der Waals surface area contributed by atoms with Crippen molar-refractivity contribution in [1.29, 1.82) is 0 Å². The van der Waals surface area contributed by atoms with Crippen LogP contribution in [0, 0.1) is 5.92 Å². The summed E-state index contributed by atoms with van der Waals surface area (Å²) in [5.74, 6) is -3.48. The van der Waals surface area contributed by atoms with Gasteiger partial charge in [0.1, 0.15) is 11.8 Å². The standard InChI is InChI=1S/C40H56N4O9/c1-2-41-38(50)31(26-29-16-9-7-10-17-29)28-35(46)34(27-30-18-11-8-12-19-30)43-36(47)21-14-6-4-3-5-13-20-32(45)23-24-33(39(51)52)44-40(53)42-25-15-22-37(48)49/h7-12,16-19,31,33-34H,2-6,13-15,20-28H2,1H3,(H,41,50)(H,43,47)(H,48,49)(H,51,52)(H2,42,44,53)/t31-,33+,34+/m1/s1. The lowest BCUT2D eigenvalue weighted by atomic mass is 9.89. The lowest BCUT2D eigenvalue weighted by molar-refractivity contribution is -0.139. The molecule has 0 aromatic heterocycles. The second-order valence-corrected chi connectivity index (χ2v) is 13.2. The number of nitrogens with one attached hydrogen (secondary N) is 4. The second-order valence-electron chi connectivity index (χ2n) is 13.2. The number of aliphatic carboxylic acids is 2. The van der Waals surface area contributed by atoms with Gasteiger partial charge >= 0.3 is 18.0 Å². The number of carbonyl (C=O) groups is 7. The fourth-order valence-corrected chi connectivity index (χ4v) is 5.87. The number of carboxylic acids is 2. The van der Waals surface area contributed by atoms with Gasteiger partial charge in [-0.1, -0.05) is 86.3 Å². The van der Waals surface area contributed by atoms with Crippen LogP contribution in [0.1, 0.15) is 102 Å². The molecule has 2 rings (SSSR count). The predicted molar refractivity (Wildman–Crippen MR) is 200 cm³/mol. The monoisotopic (exact) mass is 736 g/mol. The fourth-order valence-electron chi connectivity index (χ4n) is 5.87. The molecule has 53 heavy (non-hydrogen) atoms. The summed E-state index contributed by atoms with van der Waals surface area (Å²) in [6, 6.07) is 16.3. The molecule has 2 aromatic carbocycles. The molecule has 4 amide bonds. The van der Waals surface area contributed by atoms with Crippen molar-refractivity contribution in [3.05, 3.63) is 71.8 Å². The van der Waals surface area contributed by atoms with Gasteiger partial charge in [-0.15, -0.1) is 0 Å². The number of Topliss-reactive ketones (excluding diaryl/α,β-unsaturated/α-hetero) is 2. The molecule has 0 aliphatic heterocycles. The van der Waals surface area contributed by atoms with E-state index in [1.54, 1.807) is 0 Å². The summed E-state index contributed by atoms with van der Waals surface area (Å²) in [5.41, 5.74) is 1.87. The molecule has 290 valence electrons. The molecular formula is C40H56N4O9. The molecule has 0 heterocycles. The van der Waals surface area contributed by atoms with Crippen LogP contribution in [0.3, 0.4) is 0 Å². The van der Waals surface area contributed by atoms with Gasteiger partial charge in [0, 0.05) is 51.1 Å². The largest absolute Gasteiger partial charge is 0.481 e. The first-order valence-electron chi connectivity index (χ1n) is 18.7. The Morgan fingerprint density at radius 1 is 0.623 bits per heavy atom. The summed E-state index contributed by atoms with van der Waals surface area (Å²) in [4.78, 5) is 85.9. The number of hydrogen-bond acceptors (Lipinski definition) is 7. The van der Waals surface area contributed by atoms with Crippen LogP contribution >= 0.6 is 0 Å². The Bertz CT molecular complexity index is 1450. The minimum Gasteiger partial charge on any atom is -0.481 e. The van der Waals surface area contributed by atoms with Crippen LogP contribution in [0.4, 0.5) is 4.79 Å². The smallest absolute Gasteiger partial charge is 0.326 e. The Labute approximate surface area is 312 Å². The van der Waals surface area contributed by atoms with Gasteiger partial charge in [0.2, 0.25) is 11.8 Å². The molecule has 0 aliphatic rings. The number of hydrogen-bond donors (Lipinski definition) is 6. The fraction of sp³-hybridized carbons (Fsp3) is 0.525. The first kappa shape index (κ1) is 44.1. The van der Waals surface area contributed by atoms with E-state index in [0.29, 0.717) is 38.6 Å². The topological polar surface area (TPSA) is 208 Å². The highest BCUT2D eigenvalue weighted by Gasteiger charge is 2.28. The maximum Gasteiger partial charge on any atom is 0.326 e. The van der Waals surface area contributed by atoms with E-state index in [0.717, 1.165) is 36.8 Å². The minimum atomic E-state index is -1.26. The van der Waals surface area contributed by atoms with E-state index in [9.17, 15) is 38.7 Å². The number of carboxylic acid groups (broad SMARTS) is 2. The SMILES string of the molecule is CCNC(=O)[C@@H](CC(=O)[C@H](Cc1ccccc1)NC(=O)CCCCCCCCC(=O)CC[C@H](NC(=O)NCCCC(=O)O)C(=O)O)Cc1ccccc1. The van der Waals surface area contributed by atoms with Crippen LogP contribution in [0.15, 0.2) is 60.7 Å². The first-order valence-corrected chi connectivity index (χ1v) is 18.7. The van der Waals surface area contributed by atoms with Gasteiger partial charge in [-0.25, -0.2) is 9.59 Å². The molecule has 2 aromatic rings. The molecule has 0 bridgehead atoms. The van der Waals surface area contributed by atoms with E-state index in [4.69, 9.17) is 5.11 Å². The summed E-state index contributed by atoms with van der Waals surface area (Å²) >= 11 is 0. The summed E-state index contributed by atoms with van der Waals surface area (Å²) < 4.78 is 0. The molecule has 3 atom stereocenters. The normalized spacial score (nSPS) is 12.5. The van der Waals surface area contributed by atoms with E-state index in [1.807, 2.05) is 67.6 Å². The van der Waals surface area contributed by atoms with Crippen LogP contribution in [-0.4, -0.2) is 76.7 Å². The van der Waals surface area contributed by atoms with E-state index in [1.165, 1.54) is 0 Å². The number of unbranched alkanes of at least 4 members (excludes halogenated alkanes) is 5. The van der Waals surface area contributed by atoms with E-state index >= 15 is 0 Å². The molecule has 0 fully saturated rings. The van der Waals surface area contributed by atoms with E-state index in [2.05, 4.69) is 21.3 Å². The molecule has 0 radical (unpaired) electrons. The zero-order chi connectivity index (χ0) is 38.8. The summed E-state index contributed by atoms with van der Waals surface area (Å²) in [5, 5.41) is 28.5. The number of rotatable bonds is 28. The van der Waals surface area contributed by atoms with Gasteiger partial charge < -0.3 is 31.5 Å². The highest BCUT2D eigenvalue weighted by Crippen LogP contribution is 2.17. The average Bonchev–Trinajstić information content (AvgIpc) is 3.13. The molecule has 0 unspecified atom stereocenters. The van der Waals surface area contributed by atoms with Crippen LogP contribution in [0.5, 0.6) is 0 Å². The van der Waals surface area contributed by atoms with Gasteiger partial charge in [0.25, 0.3) is 0 Å². The zero-order valence-corrected chi connectivity index (χ0v) is 30.8. The Hall–Kier alpha value is -5.07. The third-order valence-electron chi connectivity index (χ3n) is 8.78.